The lowest BCUT2D eigenvalue weighted by atomic mass is 9.93. The second kappa shape index (κ2) is 6.49. The van der Waals surface area contributed by atoms with Crippen LogP contribution >= 0.6 is 0 Å². The van der Waals surface area contributed by atoms with Crippen molar-refractivity contribution in [2.75, 3.05) is 31.1 Å². The van der Waals surface area contributed by atoms with Gasteiger partial charge in [0.05, 0.1) is 0 Å². The lowest BCUT2D eigenvalue weighted by molar-refractivity contribution is 0.454. The van der Waals surface area contributed by atoms with Crippen LogP contribution in [0.1, 0.15) is 57.1 Å². The Morgan fingerprint density at radius 1 is 1.00 bits per heavy atom. The number of rotatable bonds is 3. The quantitative estimate of drug-likeness (QED) is 0.887. The molecule has 112 valence electrons. The summed E-state index contributed by atoms with van der Waals surface area (Å²) in [6.07, 6.45) is 1.18. The van der Waals surface area contributed by atoms with Gasteiger partial charge in [-0.1, -0.05) is 27.7 Å². The molecule has 0 spiro atoms. The Labute approximate surface area is 123 Å². The monoisotopic (exact) mass is 276 g/mol. The molecule has 2 N–H and O–H groups in total. The zero-order valence-corrected chi connectivity index (χ0v) is 13.2. The summed E-state index contributed by atoms with van der Waals surface area (Å²) in [7, 11) is 0. The Bertz CT molecular complexity index is 417. The highest BCUT2D eigenvalue weighted by Crippen LogP contribution is 2.37. The maximum Gasteiger partial charge on any atom is 0.122 e. The lowest BCUT2D eigenvalue weighted by Crippen LogP contribution is -2.28. The van der Waals surface area contributed by atoms with E-state index in [0.29, 0.717) is 17.6 Å². The van der Waals surface area contributed by atoms with Crippen LogP contribution in [0.4, 0.5) is 5.69 Å². The molecule has 1 aliphatic rings. The van der Waals surface area contributed by atoms with Crippen LogP contribution in [0.25, 0.3) is 0 Å². The zero-order valence-electron chi connectivity index (χ0n) is 13.2. The molecule has 2 rings (SSSR count). The Morgan fingerprint density at radius 3 is 2.15 bits per heavy atom. The summed E-state index contributed by atoms with van der Waals surface area (Å²) in [6.45, 7) is 12.9. The Balaban J connectivity index is 2.41. The van der Waals surface area contributed by atoms with E-state index in [1.54, 1.807) is 0 Å². The van der Waals surface area contributed by atoms with E-state index in [9.17, 15) is 5.11 Å². The highest BCUT2D eigenvalue weighted by molar-refractivity contribution is 5.58. The van der Waals surface area contributed by atoms with Crippen molar-refractivity contribution >= 4 is 5.69 Å². The van der Waals surface area contributed by atoms with Crippen LogP contribution in [0, 0.1) is 0 Å². The fourth-order valence-corrected chi connectivity index (χ4v) is 2.83. The highest BCUT2D eigenvalue weighted by atomic mass is 16.3. The summed E-state index contributed by atoms with van der Waals surface area (Å²) < 4.78 is 0. The van der Waals surface area contributed by atoms with Crippen molar-refractivity contribution in [1.82, 2.24) is 5.32 Å². The van der Waals surface area contributed by atoms with Gasteiger partial charge in [0.25, 0.3) is 0 Å². The fraction of sp³-hybridized carbons (Fsp3) is 0.647. The molecule has 1 saturated heterocycles. The molecule has 0 radical (unpaired) electrons. The number of phenols is 1. The molecule has 3 heteroatoms. The molecule has 0 bridgehead atoms. The first-order valence-corrected chi connectivity index (χ1v) is 7.83. The van der Waals surface area contributed by atoms with Crippen LogP contribution in [0.2, 0.25) is 0 Å². The van der Waals surface area contributed by atoms with Gasteiger partial charge < -0.3 is 15.3 Å². The summed E-state index contributed by atoms with van der Waals surface area (Å²) in [5.41, 5.74) is 3.41. The third-order valence-electron chi connectivity index (χ3n) is 4.10. The van der Waals surface area contributed by atoms with Crippen LogP contribution < -0.4 is 10.2 Å². The molecule has 0 aromatic heterocycles. The molecule has 1 aromatic rings. The third kappa shape index (κ3) is 3.26. The summed E-state index contributed by atoms with van der Waals surface area (Å²) >= 11 is 0. The van der Waals surface area contributed by atoms with Gasteiger partial charge in [-0.15, -0.1) is 0 Å². The third-order valence-corrected chi connectivity index (χ3v) is 4.10. The van der Waals surface area contributed by atoms with E-state index in [4.69, 9.17) is 0 Å². The van der Waals surface area contributed by atoms with Gasteiger partial charge >= 0.3 is 0 Å². The summed E-state index contributed by atoms with van der Waals surface area (Å²) in [4.78, 5) is 2.44. The molecule has 1 aliphatic heterocycles. The molecule has 0 amide bonds. The first-order valence-electron chi connectivity index (χ1n) is 7.83. The Kier molecular flexibility index (Phi) is 4.92. The standard InChI is InChI=1S/C17H28N2O/c1-12(2)15-10-14(11-16(13(3)4)17(15)20)19-8-5-6-18-7-9-19/h10-13,18,20H,5-9H2,1-4H3. The van der Waals surface area contributed by atoms with E-state index in [1.807, 2.05) is 0 Å². The smallest absolute Gasteiger partial charge is 0.122 e. The molecule has 1 heterocycles. The van der Waals surface area contributed by atoms with Crippen molar-refractivity contribution in [3.8, 4) is 5.75 Å². The van der Waals surface area contributed by atoms with Crippen LogP contribution in [-0.4, -0.2) is 31.3 Å². The number of benzene rings is 1. The number of nitrogens with zero attached hydrogens (tertiary/aromatic N) is 1. The van der Waals surface area contributed by atoms with Crippen molar-refractivity contribution in [1.29, 1.82) is 0 Å². The van der Waals surface area contributed by atoms with Gasteiger partial charge in [0.1, 0.15) is 5.75 Å². The second-order valence-electron chi connectivity index (χ2n) is 6.37. The van der Waals surface area contributed by atoms with E-state index in [1.165, 1.54) is 12.1 Å². The first kappa shape index (κ1) is 15.2. The highest BCUT2D eigenvalue weighted by Gasteiger charge is 2.18. The summed E-state index contributed by atoms with van der Waals surface area (Å²) in [5, 5.41) is 13.9. The second-order valence-corrected chi connectivity index (χ2v) is 6.37. The van der Waals surface area contributed by atoms with Crippen molar-refractivity contribution in [3.63, 3.8) is 0 Å². The van der Waals surface area contributed by atoms with E-state index in [0.717, 1.165) is 37.3 Å². The van der Waals surface area contributed by atoms with Crippen LogP contribution in [0.15, 0.2) is 12.1 Å². The maximum absolute atomic E-state index is 10.5. The Hall–Kier alpha value is -1.22. The van der Waals surface area contributed by atoms with E-state index in [2.05, 4.69) is 50.0 Å². The van der Waals surface area contributed by atoms with Gasteiger partial charge in [-0.05, 0) is 48.1 Å². The number of anilines is 1. The number of hydrogen-bond donors (Lipinski definition) is 2. The predicted octanol–water partition coefficient (Wildman–Crippen LogP) is 3.44. The minimum Gasteiger partial charge on any atom is -0.507 e. The topological polar surface area (TPSA) is 35.5 Å². The molecule has 0 atom stereocenters. The fourth-order valence-electron chi connectivity index (χ4n) is 2.83. The maximum atomic E-state index is 10.5. The first-order chi connectivity index (χ1) is 9.50. The number of hydrogen-bond acceptors (Lipinski definition) is 3. The predicted molar refractivity (Wildman–Crippen MR) is 86.0 cm³/mol. The van der Waals surface area contributed by atoms with E-state index in [-0.39, 0.29) is 0 Å². The van der Waals surface area contributed by atoms with Gasteiger partial charge in [-0.2, -0.15) is 0 Å². The molecule has 20 heavy (non-hydrogen) atoms. The molecular weight excluding hydrogens is 248 g/mol. The minimum absolute atomic E-state index is 0.345. The van der Waals surface area contributed by atoms with Crippen LogP contribution in [0.5, 0.6) is 5.75 Å². The molecule has 0 aliphatic carbocycles. The SMILES string of the molecule is CC(C)c1cc(N2CCCNCC2)cc(C(C)C)c1O. The molecule has 3 nitrogen and oxygen atoms in total. The molecule has 0 saturated carbocycles. The van der Waals surface area contributed by atoms with Gasteiger partial charge in [0.15, 0.2) is 0 Å². The number of nitrogens with one attached hydrogen (secondary N) is 1. The van der Waals surface area contributed by atoms with Gasteiger partial charge in [0.2, 0.25) is 0 Å². The van der Waals surface area contributed by atoms with Gasteiger partial charge in [-0.25, -0.2) is 0 Å². The summed E-state index contributed by atoms with van der Waals surface area (Å²) in [6, 6.07) is 4.36. The average molecular weight is 276 g/mol. The molecule has 0 unspecified atom stereocenters. The van der Waals surface area contributed by atoms with E-state index < -0.39 is 0 Å². The van der Waals surface area contributed by atoms with Gasteiger partial charge in [-0.3, -0.25) is 0 Å². The van der Waals surface area contributed by atoms with Crippen molar-refractivity contribution < 1.29 is 5.11 Å². The zero-order chi connectivity index (χ0) is 14.7. The average Bonchev–Trinajstić information content (AvgIpc) is 2.67. The number of phenolic OH excluding ortho intramolecular Hbond substituents is 1. The molecule has 1 aromatic carbocycles. The van der Waals surface area contributed by atoms with Crippen LogP contribution in [0.3, 0.4) is 0 Å². The Morgan fingerprint density at radius 2 is 1.60 bits per heavy atom. The van der Waals surface area contributed by atoms with Crippen molar-refractivity contribution in [3.05, 3.63) is 23.3 Å². The minimum atomic E-state index is 0.345. The lowest BCUT2D eigenvalue weighted by Gasteiger charge is -2.26. The van der Waals surface area contributed by atoms with Crippen molar-refractivity contribution in [2.45, 2.75) is 46.0 Å². The summed E-state index contributed by atoms with van der Waals surface area (Å²) in [5.74, 6) is 1.18. The molecular formula is C17H28N2O. The van der Waals surface area contributed by atoms with Crippen molar-refractivity contribution in [2.24, 2.45) is 0 Å². The van der Waals surface area contributed by atoms with E-state index >= 15 is 0 Å². The normalized spacial score (nSPS) is 16.8. The molecule has 1 fully saturated rings. The largest absolute Gasteiger partial charge is 0.507 e. The van der Waals surface area contributed by atoms with Crippen LogP contribution in [-0.2, 0) is 0 Å². The van der Waals surface area contributed by atoms with Gasteiger partial charge in [0, 0.05) is 25.3 Å². The number of aromatic hydroxyl groups is 1.